The Hall–Kier alpha value is -0.830. The van der Waals surface area contributed by atoms with Gasteiger partial charge in [0.15, 0.2) is 0 Å². The highest BCUT2D eigenvalue weighted by Gasteiger charge is 2.19. The van der Waals surface area contributed by atoms with Crippen LogP contribution in [0.4, 0.5) is 0 Å². The summed E-state index contributed by atoms with van der Waals surface area (Å²) in [6.45, 7) is 2.10. The molecule has 0 aromatic carbocycles. The molecule has 1 heterocycles. The Balaban J connectivity index is 1.96. The fourth-order valence-corrected chi connectivity index (χ4v) is 2.79. The van der Waals surface area contributed by atoms with Crippen molar-refractivity contribution < 1.29 is 0 Å². The van der Waals surface area contributed by atoms with E-state index in [0.717, 1.165) is 12.3 Å². The van der Waals surface area contributed by atoms with Gasteiger partial charge in [0.05, 0.1) is 6.20 Å². The predicted octanol–water partition coefficient (Wildman–Crippen LogP) is 2.70. The Kier molecular flexibility index (Phi) is 3.64. The number of hydrogen-bond donors (Lipinski definition) is 1. The monoisotopic (exact) mass is 221 g/mol. The number of aromatic nitrogens is 2. The third-order valence-corrected chi connectivity index (χ3v) is 3.98. The normalized spacial score (nSPS) is 19.9. The maximum absolute atomic E-state index is 6.29. The molecular weight excluding hydrogens is 198 g/mol. The molecule has 1 aromatic rings. The summed E-state index contributed by atoms with van der Waals surface area (Å²) in [4.78, 5) is 0. The van der Waals surface area contributed by atoms with Crippen molar-refractivity contribution in [3.8, 4) is 0 Å². The van der Waals surface area contributed by atoms with E-state index in [1.54, 1.807) is 0 Å². The molecule has 90 valence electrons. The van der Waals surface area contributed by atoms with Crippen LogP contribution in [0.5, 0.6) is 0 Å². The van der Waals surface area contributed by atoms with Gasteiger partial charge in [0, 0.05) is 24.3 Å². The lowest BCUT2D eigenvalue weighted by molar-refractivity contribution is 0.319. The molecule has 1 saturated carbocycles. The van der Waals surface area contributed by atoms with Gasteiger partial charge in [0.25, 0.3) is 0 Å². The molecule has 1 unspecified atom stereocenters. The molecule has 3 nitrogen and oxygen atoms in total. The summed E-state index contributed by atoms with van der Waals surface area (Å²) in [5, 5.41) is 4.27. The average molecular weight is 221 g/mol. The van der Waals surface area contributed by atoms with Crippen molar-refractivity contribution in [1.82, 2.24) is 9.78 Å². The van der Waals surface area contributed by atoms with Gasteiger partial charge in [0.1, 0.15) is 0 Å². The molecule has 0 aliphatic heterocycles. The van der Waals surface area contributed by atoms with E-state index in [1.165, 1.54) is 43.4 Å². The molecule has 1 aliphatic rings. The Morgan fingerprint density at radius 3 is 2.69 bits per heavy atom. The molecule has 3 heteroatoms. The molecule has 2 N–H and O–H groups in total. The molecule has 1 aliphatic carbocycles. The Morgan fingerprint density at radius 2 is 2.12 bits per heavy atom. The van der Waals surface area contributed by atoms with Crippen LogP contribution in [0.25, 0.3) is 0 Å². The van der Waals surface area contributed by atoms with Crippen LogP contribution in [0, 0.1) is 12.8 Å². The van der Waals surface area contributed by atoms with Crippen LogP contribution in [-0.2, 0) is 7.05 Å². The van der Waals surface area contributed by atoms with Crippen molar-refractivity contribution in [2.75, 3.05) is 0 Å². The van der Waals surface area contributed by atoms with Gasteiger partial charge in [-0.2, -0.15) is 5.10 Å². The second-order valence-electron chi connectivity index (χ2n) is 5.16. The Morgan fingerprint density at radius 1 is 1.44 bits per heavy atom. The highest BCUT2D eigenvalue weighted by Crippen LogP contribution is 2.31. The average Bonchev–Trinajstić information content (AvgIpc) is 2.61. The molecule has 1 fully saturated rings. The third-order valence-electron chi connectivity index (χ3n) is 3.98. The van der Waals surface area contributed by atoms with E-state index in [1.807, 2.05) is 17.9 Å². The van der Waals surface area contributed by atoms with Crippen molar-refractivity contribution in [1.29, 1.82) is 0 Å². The molecule has 16 heavy (non-hydrogen) atoms. The molecule has 0 bridgehead atoms. The van der Waals surface area contributed by atoms with E-state index < -0.39 is 0 Å². The zero-order valence-electron chi connectivity index (χ0n) is 10.4. The third kappa shape index (κ3) is 2.46. The van der Waals surface area contributed by atoms with Crippen LogP contribution < -0.4 is 5.73 Å². The maximum atomic E-state index is 6.29. The van der Waals surface area contributed by atoms with Gasteiger partial charge in [-0.15, -0.1) is 0 Å². The highest BCUT2D eigenvalue weighted by molar-refractivity contribution is 5.20. The number of hydrogen-bond acceptors (Lipinski definition) is 2. The largest absolute Gasteiger partial charge is 0.324 e. The second kappa shape index (κ2) is 5.00. The van der Waals surface area contributed by atoms with E-state index in [4.69, 9.17) is 5.73 Å². The first-order valence-electron chi connectivity index (χ1n) is 6.42. The van der Waals surface area contributed by atoms with Gasteiger partial charge < -0.3 is 5.73 Å². The summed E-state index contributed by atoms with van der Waals surface area (Å²) in [6.07, 6.45) is 10.00. The minimum atomic E-state index is 0.178. The zero-order chi connectivity index (χ0) is 11.5. The fraction of sp³-hybridized carbons (Fsp3) is 0.769. The van der Waals surface area contributed by atoms with Crippen LogP contribution in [-0.4, -0.2) is 9.78 Å². The van der Waals surface area contributed by atoms with E-state index in [-0.39, 0.29) is 6.04 Å². The summed E-state index contributed by atoms with van der Waals surface area (Å²) in [7, 11) is 1.98. The van der Waals surface area contributed by atoms with E-state index in [2.05, 4.69) is 12.0 Å². The van der Waals surface area contributed by atoms with Gasteiger partial charge in [-0.25, -0.2) is 0 Å². The zero-order valence-corrected chi connectivity index (χ0v) is 10.4. The maximum Gasteiger partial charge on any atom is 0.0540 e. The summed E-state index contributed by atoms with van der Waals surface area (Å²) in [5.74, 6) is 0.836. The molecule has 2 rings (SSSR count). The molecule has 1 atom stereocenters. The van der Waals surface area contributed by atoms with Crippen LogP contribution in [0.1, 0.15) is 55.8 Å². The smallest absolute Gasteiger partial charge is 0.0540 e. The molecule has 0 radical (unpaired) electrons. The first-order valence-corrected chi connectivity index (χ1v) is 6.42. The number of rotatable bonds is 3. The number of nitrogens with two attached hydrogens (primary N) is 1. The minimum absolute atomic E-state index is 0.178. The van der Waals surface area contributed by atoms with Crippen LogP contribution in [0.2, 0.25) is 0 Å². The van der Waals surface area contributed by atoms with Crippen LogP contribution in [0.3, 0.4) is 0 Å². The standard InChI is InChI=1S/C13H23N3/c1-10-12(9-15-16(10)2)13(14)8-11-6-4-3-5-7-11/h9,11,13H,3-8,14H2,1-2H3. The highest BCUT2D eigenvalue weighted by atomic mass is 15.3. The van der Waals surface area contributed by atoms with Gasteiger partial charge >= 0.3 is 0 Å². The van der Waals surface area contributed by atoms with Crippen molar-refractivity contribution in [3.05, 3.63) is 17.5 Å². The Labute approximate surface area is 98.0 Å². The fourth-order valence-electron chi connectivity index (χ4n) is 2.79. The minimum Gasteiger partial charge on any atom is -0.324 e. The second-order valence-corrected chi connectivity index (χ2v) is 5.16. The van der Waals surface area contributed by atoms with Crippen molar-refractivity contribution in [2.24, 2.45) is 18.7 Å². The molecule has 0 spiro atoms. The molecular formula is C13H23N3. The van der Waals surface area contributed by atoms with E-state index in [0.29, 0.717) is 0 Å². The predicted molar refractivity (Wildman–Crippen MR) is 66.1 cm³/mol. The lowest BCUT2D eigenvalue weighted by Crippen LogP contribution is -2.18. The van der Waals surface area contributed by atoms with Crippen LogP contribution in [0.15, 0.2) is 6.20 Å². The summed E-state index contributed by atoms with van der Waals surface area (Å²) < 4.78 is 1.91. The van der Waals surface area contributed by atoms with Crippen molar-refractivity contribution >= 4 is 0 Å². The molecule has 0 saturated heterocycles. The summed E-state index contributed by atoms with van der Waals surface area (Å²) in [5.41, 5.74) is 8.73. The van der Waals surface area contributed by atoms with Gasteiger partial charge in [-0.05, 0) is 19.3 Å². The van der Waals surface area contributed by atoms with E-state index >= 15 is 0 Å². The van der Waals surface area contributed by atoms with Gasteiger partial charge in [-0.1, -0.05) is 32.1 Å². The van der Waals surface area contributed by atoms with Gasteiger partial charge in [-0.3, -0.25) is 4.68 Å². The molecule has 0 amide bonds. The van der Waals surface area contributed by atoms with Crippen LogP contribution >= 0.6 is 0 Å². The lowest BCUT2D eigenvalue weighted by Gasteiger charge is -2.24. The van der Waals surface area contributed by atoms with Crippen molar-refractivity contribution in [2.45, 2.75) is 51.5 Å². The first kappa shape index (κ1) is 11.6. The molecule has 1 aromatic heterocycles. The summed E-state index contributed by atoms with van der Waals surface area (Å²) >= 11 is 0. The van der Waals surface area contributed by atoms with Crippen molar-refractivity contribution in [3.63, 3.8) is 0 Å². The summed E-state index contributed by atoms with van der Waals surface area (Å²) in [6, 6.07) is 0.178. The quantitative estimate of drug-likeness (QED) is 0.853. The Bertz CT molecular complexity index is 337. The van der Waals surface area contributed by atoms with E-state index in [9.17, 15) is 0 Å². The lowest BCUT2D eigenvalue weighted by atomic mass is 9.83. The number of nitrogens with zero attached hydrogens (tertiary/aromatic N) is 2. The topological polar surface area (TPSA) is 43.8 Å². The SMILES string of the molecule is Cc1c(C(N)CC2CCCCC2)cnn1C. The first-order chi connectivity index (χ1) is 7.68. The number of aryl methyl sites for hydroxylation is 1. The van der Waals surface area contributed by atoms with Gasteiger partial charge in [0.2, 0.25) is 0 Å².